The molecule has 0 bridgehead atoms. The number of ether oxygens (including phenoxy) is 1. The van der Waals surface area contributed by atoms with Crippen LogP contribution in [0.15, 0.2) is 53.4 Å². The quantitative estimate of drug-likeness (QED) is 0.713. The van der Waals surface area contributed by atoms with Crippen molar-refractivity contribution in [3.8, 4) is 5.75 Å². The molecule has 0 amide bonds. The molecule has 2 aromatic carbocycles. The number of rotatable bonds is 3. The highest BCUT2D eigenvalue weighted by molar-refractivity contribution is 7.96. The summed E-state index contributed by atoms with van der Waals surface area (Å²) in [6.45, 7) is 2.38. The van der Waals surface area contributed by atoms with E-state index in [9.17, 15) is 21.9 Å². The molecule has 162 valence electrons. The van der Waals surface area contributed by atoms with Crippen molar-refractivity contribution < 1.29 is 26.7 Å². The summed E-state index contributed by atoms with van der Waals surface area (Å²) in [5.74, 6) is -0.238. The fourth-order valence-electron chi connectivity index (χ4n) is 3.94. The number of likely N-dealkylation sites (tertiary alicyclic amines) is 1. The molecule has 1 atom stereocenters. The second-order valence-corrected chi connectivity index (χ2v) is 9.43. The molecule has 0 radical (unpaired) electrons. The van der Waals surface area contributed by atoms with Crippen molar-refractivity contribution in [1.29, 1.82) is 0 Å². The molecular weight excluding hydrogens is 419 g/mol. The van der Waals surface area contributed by atoms with Gasteiger partial charge in [-0.05, 0) is 42.7 Å². The normalized spacial score (nSPS) is 24.0. The monoisotopic (exact) mass is 441 g/mol. The van der Waals surface area contributed by atoms with Crippen molar-refractivity contribution >= 4 is 16.1 Å². The van der Waals surface area contributed by atoms with Gasteiger partial charge in [-0.25, -0.2) is 0 Å². The molecule has 1 unspecified atom stereocenters. The van der Waals surface area contributed by atoms with Crippen LogP contribution in [0.2, 0.25) is 0 Å². The lowest BCUT2D eigenvalue weighted by molar-refractivity contribution is -0.274. The number of hydrogen-bond donors (Lipinski definition) is 2. The molecule has 6 nitrogen and oxygen atoms in total. The molecule has 1 spiro atoms. The maximum absolute atomic E-state index is 12.5. The van der Waals surface area contributed by atoms with E-state index in [0.29, 0.717) is 18.8 Å². The van der Waals surface area contributed by atoms with Crippen molar-refractivity contribution in [3.63, 3.8) is 0 Å². The molecule has 2 N–H and O–H groups in total. The lowest BCUT2D eigenvalue weighted by Gasteiger charge is -2.41. The van der Waals surface area contributed by atoms with Gasteiger partial charge < -0.3 is 14.6 Å². The lowest BCUT2D eigenvalue weighted by atomic mass is 9.87. The van der Waals surface area contributed by atoms with Gasteiger partial charge in [-0.1, -0.05) is 28.5 Å². The van der Waals surface area contributed by atoms with E-state index in [1.807, 2.05) is 6.07 Å². The number of anilines is 1. The summed E-state index contributed by atoms with van der Waals surface area (Å²) in [4.78, 5) is 2.46. The van der Waals surface area contributed by atoms with E-state index in [1.54, 1.807) is 30.3 Å². The summed E-state index contributed by atoms with van der Waals surface area (Å²) >= 11 is 0. The van der Waals surface area contributed by atoms with Gasteiger partial charge in [0.25, 0.3) is 0 Å². The first-order valence-electron chi connectivity index (χ1n) is 9.58. The number of para-hydroxylation sites is 1. The third-order valence-corrected chi connectivity index (χ3v) is 7.01. The minimum absolute atomic E-state index is 0.238. The Balaban J connectivity index is 1.39. The summed E-state index contributed by atoms with van der Waals surface area (Å²) < 4.78 is 68.4. The summed E-state index contributed by atoms with van der Waals surface area (Å²) in [7, 11) is -3.55. The van der Waals surface area contributed by atoms with Gasteiger partial charge in [0.1, 0.15) is 5.75 Å². The number of sulfonamides is 1. The molecule has 4 rings (SSSR count). The summed E-state index contributed by atoms with van der Waals surface area (Å²) in [5.41, 5.74) is 1.12. The molecule has 2 heterocycles. The number of halogens is 3. The number of benzene rings is 2. The number of piperidine rings is 1. The van der Waals surface area contributed by atoms with Crippen molar-refractivity contribution in [3.05, 3.63) is 54.1 Å². The van der Waals surface area contributed by atoms with Gasteiger partial charge in [0.05, 0.1) is 17.8 Å². The Morgan fingerprint density at radius 1 is 1.10 bits per heavy atom. The fourth-order valence-corrected chi connectivity index (χ4v) is 5.23. The Morgan fingerprint density at radius 3 is 2.43 bits per heavy atom. The van der Waals surface area contributed by atoms with Crippen LogP contribution in [0.1, 0.15) is 18.4 Å². The van der Waals surface area contributed by atoms with Crippen molar-refractivity contribution in [2.75, 3.05) is 25.0 Å². The van der Waals surface area contributed by atoms with Gasteiger partial charge in [0.2, 0.25) is 0 Å². The van der Waals surface area contributed by atoms with E-state index in [1.165, 1.54) is 12.1 Å². The van der Waals surface area contributed by atoms with E-state index in [0.717, 1.165) is 31.5 Å². The third kappa shape index (κ3) is 4.77. The first-order chi connectivity index (χ1) is 14.1. The first kappa shape index (κ1) is 21.1. The lowest BCUT2D eigenvalue weighted by Crippen LogP contribution is -2.54. The van der Waals surface area contributed by atoms with Gasteiger partial charge >= 0.3 is 6.36 Å². The van der Waals surface area contributed by atoms with Crippen LogP contribution in [-0.2, 0) is 21.2 Å². The Kier molecular flexibility index (Phi) is 5.52. The second kappa shape index (κ2) is 7.84. The predicted molar refractivity (Wildman–Crippen MR) is 106 cm³/mol. The topological polar surface area (TPSA) is 76.7 Å². The number of fused-ring (bicyclic) bond motifs is 1. The predicted octanol–water partition coefficient (Wildman–Crippen LogP) is 3.54. The molecule has 10 heteroatoms. The van der Waals surface area contributed by atoms with Crippen LogP contribution in [0.5, 0.6) is 5.75 Å². The number of alkyl halides is 3. The molecule has 0 aliphatic carbocycles. The second-order valence-electron chi connectivity index (χ2n) is 7.69. The zero-order valence-electron chi connectivity index (χ0n) is 16.1. The molecule has 2 aliphatic rings. The Morgan fingerprint density at radius 2 is 1.77 bits per heavy atom. The average Bonchev–Trinajstić information content (AvgIpc) is 2.79. The smallest absolute Gasteiger partial charge is 0.573 e. The maximum Gasteiger partial charge on any atom is 0.573 e. The Labute approximate surface area is 173 Å². The van der Waals surface area contributed by atoms with Crippen LogP contribution in [0.4, 0.5) is 18.9 Å². The highest BCUT2D eigenvalue weighted by Crippen LogP contribution is 2.35. The van der Waals surface area contributed by atoms with Gasteiger partial charge in [-0.3, -0.25) is 4.90 Å². The highest BCUT2D eigenvalue weighted by Gasteiger charge is 2.41. The molecule has 1 saturated heterocycles. The van der Waals surface area contributed by atoms with Gasteiger partial charge in [-0.2, -0.15) is 0 Å². The van der Waals surface area contributed by atoms with Gasteiger partial charge in [0.15, 0.2) is 15.3 Å². The van der Waals surface area contributed by atoms with Crippen LogP contribution in [0.3, 0.4) is 0 Å². The molecular formula is C20H22F3N3O3S. The average molecular weight is 441 g/mol. The SMILES string of the molecule is O=[S+]1([O-])NCC2(CCN(Cc3ccc(OC(F)(F)F)cc3)CC2)Nc2ccccc21. The molecule has 2 aromatic rings. The Bertz CT molecular complexity index is 944. The zero-order chi connectivity index (χ0) is 21.4. The minimum Gasteiger partial charge on any atom is -0.593 e. The van der Waals surface area contributed by atoms with E-state index in [4.69, 9.17) is 0 Å². The van der Waals surface area contributed by atoms with Crippen LogP contribution >= 0.6 is 0 Å². The zero-order valence-corrected chi connectivity index (χ0v) is 16.9. The summed E-state index contributed by atoms with van der Waals surface area (Å²) in [5, 5.41) is 3.45. The molecule has 0 saturated carbocycles. The van der Waals surface area contributed by atoms with E-state index >= 15 is 0 Å². The summed E-state index contributed by atoms with van der Waals surface area (Å²) in [6, 6.07) is 12.7. The van der Waals surface area contributed by atoms with Crippen molar-refractivity contribution in [1.82, 2.24) is 9.62 Å². The number of nitrogens with one attached hydrogen (secondary N) is 2. The standard InChI is InChI=1S/C20H22F3N3O3S/c21-20(22,23)29-16-7-5-15(6-8-16)13-26-11-9-19(10-12-26)14-24-30(27,28)18-4-2-1-3-17(18)25-19/h1-8,25H,9-14H2,(H-,24,27,28). The van der Waals surface area contributed by atoms with Crippen LogP contribution in [0, 0.1) is 0 Å². The minimum atomic E-state index is -4.70. The molecule has 2 aliphatic heterocycles. The molecule has 0 aromatic heterocycles. The van der Waals surface area contributed by atoms with Gasteiger partial charge in [-0.15, -0.1) is 17.9 Å². The van der Waals surface area contributed by atoms with Crippen LogP contribution in [0.25, 0.3) is 0 Å². The van der Waals surface area contributed by atoms with E-state index in [-0.39, 0.29) is 16.2 Å². The highest BCUT2D eigenvalue weighted by atomic mass is 32.3. The molecule has 30 heavy (non-hydrogen) atoms. The summed E-state index contributed by atoms with van der Waals surface area (Å²) in [6.07, 6.45) is -3.23. The number of hydrogen-bond acceptors (Lipinski definition) is 5. The van der Waals surface area contributed by atoms with E-state index < -0.39 is 16.8 Å². The van der Waals surface area contributed by atoms with Gasteiger partial charge in [0, 0.05) is 19.6 Å². The largest absolute Gasteiger partial charge is 0.593 e. The Hall–Kier alpha value is -2.14. The van der Waals surface area contributed by atoms with Crippen LogP contribution < -0.4 is 14.8 Å². The van der Waals surface area contributed by atoms with E-state index in [2.05, 4.69) is 19.7 Å². The third-order valence-electron chi connectivity index (χ3n) is 5.55. The fraction of sp³-hybridized carbons (Fsp3) is 0.400. The van der Waals surface area contributed by atoms with Crippen LogP contribution in [-0.4, -0.2) is 41.0 Å². The van der Waals surface area contributed by atoms with Crippen molar-refractivity contribution in [2.45, 2.75) is 36.2 Å². The number of nitrogens with zero attached hydrogens (tertiary/aromatic N) is 1. The molecule has 1 fully saturated rings. The van der Waals surface area contributed by atoms with Crippen molar-refractivity contribution in [2.24, 2.45) is 0 Å². The maximum atomic E-state index is 12.5. The first-order valence-corrected chi connectivity index (χ1v) is 11.1.